The second-order valence-electron chi connectivity index (χ2n) is 3.03. The van der Waals surface area contributed by atoms with E-state index >= 15 is 0 Å². The van der Waals surface area contributed by atoms with Gasteiger partial charge in [0.05, 0.1) is 5.60 Å². The molecule has 0 bridgehead atoms. The lowest BCUT2D eigenvalue weighted by molar-refractivity contribution is -0.159. The fraction of sp³-hybridized carbons (Fsp3) is 0.714. The molecule has 76 valence electrons. The van der Waals surface area contributed by atoms with E-state index in [2.05, 4.69) is 5.32 Å². The fourth-order valence-electron chi connectivity index (χ4n) is 0.804. The molecule has 13 heavy (non-hydrogen) atoms. The van der Waals surface area contributed by atoms with Crippen molar-refractivity contribution in [2.45, 2.75) is 18.9 Å². The lowest BCUT2D eigenvalue weighted by atomic mass is 10.1. The summed E-state index contributed by atoms with van der Waals surface area (Å²) < 4.78 is 0. The topological polar surface area (TPSA) is 107 Å². The number of carboxylic acids is 2. The van der Waals surface area contributed by atoms with E-state index < -0.39 is 17.5 Å². The number of aliphatic carboxylic acids is 2. The highest BCUT2D eigenvalue weighted by Gasteiger charge is 2.23. The summed E-state index contributed by atoms with van der Waals surface area (Å²) in [4.78, 5) is 18.2. The summed E-state index contributed by atoms with van der Waals surface area (Å²) in [5, 5.41) is 27.0. The number of rotatable bonds is 0. The van der Waals surface area contributed by atoms with Crippen molar-refractivity contribution < 1.29 is 24.9 Å². The third-order valence-electron chi connectivity index (χ3n) is 1.53. The van der Waals surface area contributed by atoms with Crippen LogP contribution in [0, 0.1) is 0 Å². The van der Waals surface area contributed by atoms with Crippen molar-refractivity contribution in [1.29, 1.82) is 0 Å². The second-order valence-corrected chi connectivity index (χ2v) is 3.03. The second kappa shape index (κ2) is 4.78. The van der Waals surface area contributed by atoms with Crippen molar-refractivity contribution >= 4 is 11.9 Å². The Balaban J connectivity index is 0.000000226. The first kappa shape index (κ1) is 11.9. The van der Waals surface area contributed by atoms with Gasteiger partial charge in [-0.25, -0.2) is 9.59 Å². The zero-order valence-electron chi connectivity index (χ0n) is 7.28. The van der Waals surface area contributed by atoms with Crippen LogP contribution in [-0.4, -0.2) is 45.9 Å². The van der Waals surface area contributed by atoms with Crippen LogP contribution in [0.1, 0.15) is 13.3 Å². The number of β-amino-alcohol motifs (C(OH)–C–C–N with tert-alkyl or cyclic N) is 1. The Morgan fingerprint density at radius 1 is 1.31 bits per heavy atom. The molecule has 1 heterocycles. The van der Waals surface area contributed by atoms with Crippen LogP contribution in [-0.2, 0) is 9.59 Å². The van der Waals surface area contributed by atoms with E-state index in [-0.39, 0.29) is 0 Å². The molecule has 6 heteroatoms. The first-order chi connectivity index (χ1) is 5.85. The quantitative estimate of drug-likeness (QED) is 0.361. The third-order valence-corrected chi connectivity index (χ3v) is 1.53. The molecule has 1 aliphatic rings. The van der Waals surface area contributed by atoms with E-state index in [0.717, 1.165) is 19.5 Å². The molecule has 0 aromatic heterocycles. The Hall–Kier alpha value is -1.14. The molecule has 1 atom stereocenters. The zero-order valence-corrected chi connectivity index (χ0v) is 7.28. The van der Waals surface area contributed by atoms with E-state index in [4.69, 9.17) is 24.9 Å². The first-order valence-corrected chi connectivity index (χ1v) is 3.74. The Morgan fingerprint density at radius 2 is 1.77 bits per heavy atom. The van der Waals surface area contributed by atoms with E-state index in [0.29, 0.717) is 0 Å². The van der Waals surface area contributed by atoms with Crippen LogP contribution in [0.25, 0.3) is 0 Å². The van der Waals surface area contributed by atoms with Crippen molar-refractivity contribution in [3.05, 3.63) is 0 Å². The minimum atomic E-state index is -1.82. The lowest BCUT2D eigenvalue weighted by Crippen LogP contribution is -2.26. The maximum atomic E-state index is 9.13. The summed E-state index contributed by atoms with van der Waals surface area (Å²) in [6.45, 7) is 3.58. The molecule has 1 saturated heterocycles. The minimum absolute atomic E-state index is 0.417. The standard InChI is InChI=1S/C5H11NO.C2H2O4/c1-5(7)2-3-6-4-5;3-1(4)2(5)6/h6-7H,2-4H2,1H3;(H,3,4)(H,5,6). The third kappa shape index (κ3) is 6.06. The molecule has 1 rings (SSSR count). The van der Waals surface area contributed by atoms with Gasteiger partial charge in [-0.2, -0.15) is 0 Å². The van der Waals surface area contributed by atoms with E-state index in [1.54, 1.807) is 0 Å². The summed E-state index contributed by atoms with van der Waals surface area (Å²) in [6.07, 6.45) is 0.896. The van der Waals surface area contributed by atoms with Crippen LogP contribution >= 0.6 is 0 Å². The Morgan fingerprint density at radius 3 is 1.85 bits per heavy atom. The average molecular weight is 191 g/mol. The monoisotopic (exact) mass is 191 g/mol. The van der Waals surface area contributed by atoms with Crippen LogP contribution in [0.4, 0.5) is 0 Å². The summed E-state index contributed by atoms with van der Waals surface area (Å²) >= 11 is 0. The van der Waals surface area contributed by atoms with Gasteiger partial charge in [0.1, 0.15) is 0 Å². The molecule has 6 nitrogen and oxygen atoms in total. The van der Waals surface area contributed by atoms with Gasteiger partial charge < -0.3 is 20.6 Å². The number of nitrogens with one attached hydrogen (secondary N) is 1. The molecular formula is C7H13NO5. The SMILES string of the molecule is CC1(O)CCNC1.O=C(O)C(=O)O. The highest BCUT2D eigenvalue weighted by molar-refractivity contribution is 6.27. The molecule has 0 radical (unpaired) electrons. The van der Waals surface area contributed by atoms with Crippen LogP contribution in [0.2, 0.25) is 0 Å². The van der Waals surface area contributed by atoms with Gasteiger partial charge in [0, 0.05) is 6.54 Å². The molecule has 0 aromatic carbocycles. The van der Waals surface area contributed by atoms with Crippen LogP contribution in [0.3, 0.4) is 0 Å². The maximum absolute atomic E-state index is 9.13. The van der Waals surface area contributed by atoms with Crippen molar-refractivity contribution in [2.75, 3.05) is 13.1 Å². The maximum Gasteiger partial charge on any atom is 0.414 e. The highest BCUT2D eigenvalue weighted by atomic mass is 16.4. The first-order valence-electron chi connectivity index (χ1n) is 3.74. The molecule has 1 unspecified atom stereocenters. The summed E-state index contributed by atoms with van der Waals surface area (Å²) in [6, 6.07) is 0. The van der Waals surface area contributed by atoms with Gasteiger partial charge in [-0.15, -0.1) is 0 Å². The van der Waals surface area contributed by atoms with Crippen molar-refractivity contribution in [2.24, 2.45) is 0 Å². The smallest absolute Gasteiger partial charge is 0.414 e. The minimum Gasteiger partial charge on any atom is -0.473 e. The Bertz CT molecular complexity index is 181. The predicted molar refractivity (Wildman–Crippen MR) is 43.4 cm³/mol. The molecule has 0 spiro atoms. The zero-order chi connectivity index (χ0) is 10.5. The number of hydrogen-bond donors (Lipinski definition) is 4. The molecule has 0 aliphatic carbocycles. The Labute approximate surface area is 75.2 Å². The van der Waals surface area contributed by atoms with E-state index in [1.165, 1.54) is 0 Å². The van der Waals surface area contributed by atoms with Crippen molar-refractivity contribution in [3.8, 4) is 0 Å². The molecule has 0 saturated carbocycles. The van der Waals surface area contributed by atoms with Crippen molar-refractivity contribution in [1.82, 2.24) is 5.32 Å². The number of carboxylic acid groups (broad SMARTS) is 2. The van der Waals surface area contributed by atoms with Gasteiger partial charge in [0.2, 0.25) is 0 Å². The molecule has 1 aliphatic heterocycles. The van der Waals surface area contributed by atoms with E-state index in [1.807, 2.05) is 6.92 Å². The van der Waals surface area contributed by atoms with Gasteiger partial charge >= 0.3 is 11.9 Å². The number of aliphatic hydroxyl groups is 1. The van der Waals surface area contributed by atoms with Gasteiger partial charge in [0.25, 0.3) is 0 Å². The van der Waals surface area contributed by atoms with E-state index in [9.17, 15) is 0 Å². The van der Waals surface area contributed by atoms with Gasteiger partial charge in [-0.05, 0) is 19.9 Å². The molecule has 0 amide bonds. The Kier molecular flexibility index (Phi) is 4.36. The lowest BCUT2D eigenvalue weighted by Gasteiger charge is -2.11. The normalized spacial score (nSPS) is 26.0. The van der Waals surface area contributed by atoms with Crippen molar-refractivity contribution in [3.63, 3.8) is 0 Å². The summed E-state index contributed by atoms with van der Waals surface area (Å²) in [7, 11) is 0. The van der Waals surface area contributed by atoms with Crippen LogP contribution in [0.5, 0.6) is 0 Å². The van der Waals surface area contributed by atoms with Gasteiger partial charge in [-0.1, -0.05) is 0 Å². The van der Waals surface area contributed by atoms with Crippen LogP contribution in [0.15, 0.2) is 0 Å². The van der Waals surface area contributed by atoms with Gasteiger partial charge in [0.15, 0.2) is 0 Å². The number of hydrogen-bond acceptors (Lipinski definition) is 4. The van der Waals surface area contributed by atoms with Gasteiger partial charge in [-0.3, -0.25) is 0 Å². The predicted octanol–water partition coefficient (Wildman–Crippen LogP) is -1.11. The number of carbonyl (C=O) groups is 2. The molecule has 0 aromatic rings. The highest BCUT2D eigenvalue weighted by Crippen LogP contribution is 2.10. The molecule has 4 N–H and O–H groups in total. The summed E-state index contributed by atoms with van der Waals surface area (Å²) in [5.74, 6) is -3.65. The fourth-order valence-corrected chi connectivity index (χ4v) is 0.804. The van der Waals surface area contributed by atoms with Crippen LogP contribution < -0.4 is 5.32 Å². The molecular weight excluding hydrogens is 178 g/mol. The summed E-state index contributed by atoms with van der Waals surface area (Å²) in [5.41, 5.74) is -0.417. The largest absolute Gasteiger partial charge is 0.473 e. The molecule has 1 fully saturated rings. The average Bonchev–Trinajstić information content (AvgIpc) is 2.35.